The fraction of sp³-hybridized carbons (Fsp3) is 0.290. The SMILES string of the molecule is O=C(C1O[C@H](COCc2ccccc2)[C@@H](OCc2ccccc2)[C@H](OCc2ccccc2)[C@H]1OCc1ccccc1)C1O[C@H](COCc2ccccc2)[C@@H](OCc2ccccc2)[C@H](OCc2ccccc2)[C@H]1OCc1ccccc1. The predicted molar refractivity (Wildman–Crippen MR) is 305 cm³/mol. The maximum Gasteiger partial charge on any atom is 0.195 e. The van der Waals surface area contributed by atoms with Gasteiger partial charge in [0.15, 0.2) is 5.78 Å². The molecule has 2 heterocycles. The normalized spacial score (nSPS) is 22.9. The van der Waals surface area contributed by atoms with Crippen LogP contribution >= 0.6 is 0 Å². The zero-order chi connectivity index (χ0) is 54.4. The Balaban J connectivity index is 1.06. The molecule has 0 spiro atoms. The van der Waals surface area contributed by atoms with E-state index in [-0.39, 0.29) is 52.9 Å². The van der Waals surface area contributed by atoms with Crippen molar-refractivity contribution in [2.75, 3.05) is 13.2 Å². The Labute approximate surface area is 470 Å². The van der Waals surface area contributed by atoms with Gasteiger partial charge in [-0.2, -0.15) is 0 Å². The second-order valence-corrected chi connectivity index (χ2v) is 20.2. The van der Waals surface area contributed by atoms with Crippen molar-refractivity contribution in [2.45, 2.75) is 114 Å². The van der Waals surface area contributed by atoms with Crippen LogP contribution in [0, 0.1) is 0 Å². The molecule has 0 saturated carbocycles. The van der Waals surface area contributed by atoms with Gasteiger partial charge >= 0.3 is 0 Å². The molecule has 412 valence electrons. The molecule has 11 heteroatoms. The molecule has 10 atom stereocenters. The van der Waals surface area contributed by atoms with Crippen molar-refractivity contribution in [3.05, 3.63) is 287 Å². The third-order valence-corrected chi connectivity index (χ3v) is 14.3. The predicted octanol–water partition coefficient (Wildman–Crippen LogP) is 12.0. The minimum absolute atomic E-state index is 0.0579. The molecule has 0 aromatic heterocycles. The first-order valence-corrected chi connectivity index (χ1v) is 27.6. The standard InChI is InChI=1S/C69H70O11/c70-61(64-68(77-47-57-37-21-7-22-38-57)66(75-45-55-33-17-5-18-34-55)62(73-43-53-29-13-3-14-30-53)59(79-64)49-71-41-51-25-9-1-10-26-51)65-69(78-48-58-39-23-8-24-40-58)67(76-46-56-35-19-6-20-36-56)63(74-44-54-31-15-4-16-32-54)60(80-65)50-72-42-52-27-11-2-12-28-52/h1-40,59-60,62-69H,41-50H2/t59-,60-,62-,63-,64?,65?,66+,67+,68+,69+/m1/s1. The summed E-state index contributed by atoms with van der Waals surface area (Å²) in [5.74, 6) is -0.424. The van der Waals surface area contributed by atoms with Crippen molar-refractivity contribution in [3.8, 4) is 0 Å². The number of ether oxygens (including phenoxy) is 10. The summed E-state index contributed by atoms with van der Waals surface area (Å²) in [5.41, 5.74) is 7.56. The molecule has 2 aliphatic rings. The monoisotopic (exact) mass is 1070 g/mol. The Morgan fingerprint density at radius 1 is 0.263 bits per heavy atom. The first kappa shape index (κ1) is 56.3. The van der Waals surface area contributed by atoms with E-state index < -0.39 is 66.8 Å². The zero-order valence-corrected chi connectivity index (χ0v) is 44.9. The molecule has 0 N–H and O–H groups in total. The Bertz CT molecular complexity index is 2780. The van der Waals surface area contributed by atoms with Gasteiger partial charge in [0.05, 0.1) is 66.1 Å². The number of carbonyl (C=O) groups excluding carboxylic acids is 1. The number of benzene rings is 8. The number of rotatable bonds is 28. The molecule has 10 rings (SSSR count). The molecule has 0 amide bonds. The lowest BCUT2D eigenvalue weighted by Crippen LogP contribution is -2.68. The Kier molecular flexibility index (Phi) is 21.1. The summed E-state index contributed by atoms with van der Waals surface area (Å²) < 4.78 is 70.0. The smallest absolute Gasteiger partial charge is 0.195 e. The number of ketones is 1. The number of Topliss-reactive ketones (excluding diaryl/α,β-unsaturated/α-hetero) is 1. The van der Waals surface area contributed by atoms with Crippen LogP contribution in [0.15, 0.2) is 243 Å². The van der Waals surface area contributed by atoms with Gasteiger partial charge in [-0.3, -0.25) is 4.79 Å². The lowest BCUT2D eigenvalue weighted by Gasteiger charge is -2.49. The van der Waals surface area contributed by atoms with Crippen LogP contribution < -0.4 is 0 Å². The van der Waals surface area contributed by atoms with Gasteiger partial charge < -0.3 is 47.4 Å². The van der Waals surface area contributed by atoms with E-state index in [4.69, 9.17) is 47.4 Å². The van der Waals surface area contributed by atoms with E-state index in [1.54, 1.807) is 0 Å². The summed E-state index contributed by atoms with van der Waals surface area (Å²) in [6.07, 6.45) is -9.69. The van der Waals surface area contributed by atoms with Crippen LogP contribution in [-0.2, 0) is 105 Å². The van der Waals surface area contributed by atoms with E-state index in [1.807, 2.05) is 243 Å². The molecule has 0 aliphatic carbocycles. The first-order chi connectivity index (χ1) is 39.6. The van der Waals surface area contributed by atoms with Crippen LogP contribution in [0.2, 0.25) is 0 Å². The van der Waals surface area contributed by atoms with Gasteiger partial charge in [-0.05, 0) is 44.5 Å². The van der Waals surface area contributed by atoms with Crippen LogP contribution in [0.3, 0.4) is 0 Å². The third kappa shape index (κ3) is 16.1. The van der Waals surface area contributed by atoms with E-state index in [9.17, 15) is 0 Å². The Hall–Kier alpha value is -6.97. The molecule has 2 aliphatic heterocycles. The van der Waals surface area contributed by atoms with E-state index in [2.05, 4.69) is 0 Å². The van der Waals surface area contributed by atoms with Gasteiger partial charge in [-0.15, -0.1) is 0 Å². The van der Waals surface area contributed by atoms with Crippen molar-refractivity contribution < 1.29 is 52.2 Å². The highest BCUT2D eigenvalue weighted by Gasteiger charge is 2.57. The summed E-state index contributed by atoms with van der Waals surface area (Å²) in [4.78, 5) is 16.6. The quantitative estimate of drug-likeness (QED) is 0.0468. The molecule has 2 unspecified atom stereocenters. The second-order valence-electron chi connectivity index (χ2n) is 20.2. The lowest BCUT2D eigenvalue weighted by molar-refractivity contribution is -0.285. The maximum absolute atomic E-state index is 16.6. The molecular weight excluding hydrogens is 1000 g/mol. The summed E-state index contributed by atoms with van der Waals surface area (Å²) in [6.45, 7) is 1.84. The third-order valence-electron chi connectivity index (χ3n) is 14.3. The summed E-state index contributed by atoms with van der Waals surface area (Å²) >= 11 is 0. The molecule has 8 aromatic rings. The van der Waals surface area contributed by atoms with E-state index in [0.29, 0.717) is 13.2 Å². The van der Waals surface area contributed by atoms with Crippen molar-refractivity contribution >= 4 is 5.78 Å². The highest BCUT2D eigenvalue weighted by atomic mass is 16.6. The molecule has 8 aromatic carbocycles. The average Bonchev–Trinajstić information content (AvgIpc) is 3.55. The van der Waals surface area contributed by atoms with E-state index >= 15 is 4.79 Å². The summed E-state index contributed by atoms with van der Waals surface area (Å²) in [6, 6.07) is 79.5. The number of carbonyl (C=O) groups is 1. The molecule has 11 nitrogen and oxygen atoms in total. The van der Waals surface area contributed by atoms with E-state index in [0.717, 1.165) is 44.5 Å². The van der Waals surface area contributed by atoms with Crippen LogP contribution in [-0.4, -0.2) is 80.0 Å². The van der Waals surface area contributed by atoms with Crippen LogP contribution in [0.4, 0.5) is 0 Å². The maximum atomic E-state index is 16.6. The Morgan fingerprint density at radius 2 is 0.463 bits per heavy atom. The van der Waals surface area contributed by atoms with Gasteiger partial charge in [0, 0.05) is 0 Å². The fourth-order valence-electron chi connectivity index (χ4n) is 10.2. The molecule has 0 radical (unpaired) electrons. The van der Waals surface area contributed by atoms with Crippen molar-refractivity contribution in [1.29, 1.82) is 0 Å². The van der Waals surface area contributed by atoms with Gasteiger partial charge in [0.25, 0.3) is 0 Å². The number of hydrogen-bond donors (Lipinski definition) is 0. The first-order valence-electron chi connectivity index (χ1n) is 27.6. The number of hydrogen-bond acceptors (Lipinski definition) is 11. The fourth-order valence-corrected chi connectivity index (χ4v) is 10.2. The lowest BCUT2D eigenvalue weighted by atomic mass is 9.85. The molecule has 2 fully saturated rings. The van der Waals surface area contributed by atoms with Gasteiger partial charge in [-0.1, -0.05) is 243 Å². The van der Waals surface area contributed by atoms with Gasteiger partial charge in [0.2, 0.25) is 0 Å². The van der Waals surface area contributed by atoms with Crippen molar-refractivity contribution in [1.82, 2.24) is 0 Å². The van der Waals surface area contributed by atoms with E-state index in [1.165, 1.54) is 0 Å². The highest BCUT2D eigenvalue weighted by molar-refractivity contribution is 5.89. The molecule has 80 heavy (non-hydrogen) atoms. The summed E-state index contributed by atoms with van der Waals surface area (Å²) in [5, 5.41) is 0. The largest absolute Gasteiger partial charge is 0.374 e. The van der Waals surface area contributed by atoms with Crippen LogP contribution in [0.5, 0.6) is 0 Å². The van der Waals surface area contributed by atoms with Crippen molar-refractivity contribution in [2.24, 2.45) is 0 Å². The minimum atomic E-state index is -1.31. The molecule has 0 bridgehead atoms. The average molecular weight is 1080 g/mol. The second kappa shape index (κ2) is 30.0. The van der Waals surface area contributed by atoms with Crippen LogP contribution in [0.25, 0.3) is 0 Å². The van der Waals surface area contributed by atoms with Gasteiger partial charge in [-0.25, -0.2) is 0 Å². The van der Waals surface area contributed by atoms with Gasteiger partial charge in [0.1, 0.15) is 61.0 Å². The highest BCUT2D eigenvalue weighted by Crippen LogP contribution is 2.37. The van der Waals surface area contributed by atoms with Crippen LogP contribution in [0.1, 0.15) is 44.5 Å². The van der Waals surface area contributed by atoms with Crippen molar-refractivity contribution in [3.63, 3.8) is 0 Å². The summed E-state index contributed by atoms with van der Waals surface area (Å²) in [7, 11) is 0. The molecular formula is C69H70O11. The minimum Gasteiger partial charge on any atom is -0.374 e. The topological polar surface area (TPSA) is 109 Å². The zero-order valence-electron chi connectivity index (χ0n) is 44.9. The Morgan fingerprint density at radius 3 is 0.700 bits per heavy atom. The molecule has 2 saturated heterocycles.